The van der Waals surface area contributed by atoms with Gasteiger partial charge < -0.3 is 15.0 Å². The average Bonchev–Trinajstić information content (AvgIpc) is 2.72. The summed E-state index contributed by atoms with van der Waals surface area (Å²) in [6.45, 7) is 4.27. The van der Waals surface area contributed by atoms with Gasteiger partial charge in [-0.1, -0.05) is 0 Å². The topological polar surface area (TPSA) is 24.5 Å². The molecular weight excluding hydrogens is 164 g/mol. The highest BCUT2D eigenvalue weighted by atomic mass is 16.5. The lowest BCUT2D eigenvalue weighted by Crippen LogP contribution is -2.40. The fraction of sp³-hybridized carbons (Fsp3) is 1.00. The third kappa shape index (κ3) is 2.42. The molecule has 0 aromatic heterocycles. The van der Waals surface area contributed by atoms with Crippen molar-refractivity contribution in [2.45, 2.75) is 31.3 Å². The maximum Gasteiger partial charge on any atom is 0.0620 e. The Labute approximate surface area is 80.4 Å². The smallest absolute Gasteiger partial charge is 0.0620 e. The molecule has 2 unspecified atom stereocenters. The van der Waals surface area contributed by atoms with E-state index in [1.165, 1.54) is 25.8 Å². The van der Waals surface area contributed by atoms with Crippen molar-refractivity contribution in [1.82, 2.24) is 10.2 Å². The Bertz CT molecular complexity index is 157. The Morgan fingerprint density at radius 1 is 1.46 bits per heavy atom. The van der Waals surface area contributed by atoms with Crippen LogP contribution >= 0.6 is 0 Å². The Kier molecular flexibility index (Phi) is 3.19. The van der Waals surface area contributed by atoms with Crippen LogP contribution < -0.4 is 5.32 Å². The lowest BCUT2D eigenvalue weighted by atomic mass is 10.2. The summed E-state index contributed by atoms with van der Waals surface area (Å²) in [6.07, 6.45) is 3.91. The summed E-state index contributed by atoms with van der Waals surface area (Å²) in [6, 6.07) is 1.38. The van der Waals surface area contributed by atoms with E-state index >= 15 is 0 Å². The minimum absolute atomic E-state index is 0.619. The molecule has 13 heavy (non-hydrogen) atoms. The van der Waals surface area contributed by atoms with Crippen molar-refractivity contribution in [3.63, 3.8) is 0 Å². The first kappa shape index (κ1) is 9.44. The summed E-state index contributed by atoms with van der Waals surface area (Å²) in [5.74, 6) is 0. The van der Waals surface area contributed by atoms with E-state index in [0.29, 0.717) is 6.04 Å². The van der Waals surface area contributed by atoms with Crippen molar-refractivity contribution in [2.75, 3.05) is 33.4 Å². The molecule has 2 saturated heterocycles. The SMILES string of the molecule is CN1CCCC1CNC1CCOC1. The van der Waals surface area contributed by atoms with Gasteiger partial charge in [0.15, 0.2) is 0 Å². The average molecular weight is 184 g/mol. The lowest BCUT2D eigenvalue weighted by molar-refractivity contribution is 0.188. The standard InChI is InChI=1S/C10H20N2O/c1-12-5-2-3-10(12)7-11-9-4-6-13-8-9/h9-11H,2-8H2,1H3. The number of hydrogen-bond donors (Lipinski definition) is 1. The van der Waals surface area contributed by atoms with Crippen molar-refractivity contribution < 1.29 is 4.74 Å². The number of nitrogens with zero attached hydrogens (tertiary/aromatic N) is 1. The fourth-order valence-electron chi connectivity index (χ4n) is 2.24. The molecule has 0 spiro atoms. The van der Waals surface area contributed by atoms with Crippen LogP contribution in [0, 0.1) is 0 Å². The molecule has 0 aromatic rings. The molecule has 0 radical (unpaired) electrons. The molecule has 76 valence electrons. The van der Waals surface area contributed by atoms with Gasteiger partial charge in [-0.05, 0) is 32.9 Å². The number of likely N-dealkylation sites (N-methyl/N-ethyl adjacent to an activating group) is 1. The van der Waals surface area contributed by atoms with Crippen LogP contribution in [0.25, 0.3) is 0 Å². The third-order valence-corrected chi connectivity index (χ3v) is 3.24. The van der Waals surface area contributed by atoms with Gasteiger partial charge in [-0.25, -0.2) is 0 Å². The molecule has 2 aliphatic heterocycles. The van der Waals surface area contributed by atoms with Gasteiger partial charge in [0, 0.05) is 25.2 Å². The van der Waals surface area contributed by atoms with Gasteiger partial charge in [0.05, 0.1) is 6.61 Å². The monoisotopic (exact) mass is 184 g/mol. The predicted octanol–water partition coefficient (Wildman–Crippen LogP) is 0.459. The van der Waals surface area contributed by atoms with Gasteiger partial charge in [0.25, 0.3) is 0 Å². The van der Waals surface area contributed by atoms with Crippen molar-refractivity contribution in [2.24, 2.45) is 0 Å². The second-order valence-corrected chi connectivity index (χ2v) is 4.25. The van der Waals surface area contributed by atoms with Crippen LogP contribution in [0.15, 0.2) is 0 Å². The highest BCUT2D eigenvalue weighted by molar-refractivity contribution is 4.81. The van der Waals surface area contributed by atoms with Crippen molar-refractivity contribution >= 4 is 0 Å². The molecule has 2 atom stereocenters. The molecule has 0 amide bonds. The van der Waals surface area contributed by atoms with Gasteiger partial charge >= 0.3 is 0 Å². The van der Waals surface area contributed by atoms with Crippen LogP contribution in [0.4, 0.5) is 0 Å². The van der Waals surface area contributed by atoms with E-state index in [1.54, 1.807) is 0 Å². The summed E-state index contributed by atoms with van der Waals surface area (Å²) in [5.41, 5.74) is 0. The molecule has 1 N–H and O–H groups in total. The van der Waals surface area contributed by atoms with E-state index in [-0.39, 0.29) is 0 Å². The summed E-state index contributed by atoms with van der Waals surface area (Å²) in [7, 11) is 2.23. The molecule has 2 fully saturated rings. The second kappa shape index (κ2) is 4.40. The van der Waals surface area contributed by atoms with Gasteiger partial charge in [-0.3, -0.25) is 0 Å². The molecular formula is C10H20N2O. The number of likely N-dealkylation sites (tertiary alicyclic amines) is 1. The molecule has 2 heterocycles. The Morgan fingerprint density at radius 3 is 3.00 bits per heavy atom. The minimum atomic E-state index is 0.619. The zero-order valence-electron chi connectivity index (χ0n) is 8.46. The van der Waals surface area contributed by atoms with E-state index < -0.39 is 0 Å². The first-order valence-corrected chi connectivity index (χ1v) is 5.37. The number of rotatable bonds is 3. The van der Waals surface area contributed by atoms with Gasteiger partial charge in [-0.2, -0.15) is 0 Å². The zero-order valence-corrected chi connectivity index (χ0v) is 8.46. The molecule has 0 saturated carbocycles. The first-order valence-electron chi connectivity index (χ1n) is 5.37. The number of hydrogen-bond acceptors (Lipinski definition) is 3. The van der Waals surface area contributed by atoms with Crippen molar-refractivity contribution in [3.8, 4) is 0 Å². The van der Waals surface area contributed by atoms with E-state index in [0.717, 1.165) is 25.8 Å². The molecule has 0 aliphatic carbocycles. The molecule has 3 nitrogen and oxygen atoms in total. The molecule has 0 aromatic carbocycles. The van der Waals surface area contributed by atoms with Crippen LogP contribution in [0.3, 0.4) is 0 Å². The van der Waals surface area contributed by atoms with Gasteiger partial charge in [0.2, 0.25) is 0 Å². The van der Waals surface area contributed by atoms with E-state index in [2.05, 4.69) is 17.3 Å². The quantitative estimate of drug-likeness (QED) is 0.689. The van der Waals surface area contributed by atoms with Crippen molar-refractivity contribution in [1.29, 1.82) is 0 Å². The number of nitrogens with one attached hydrogen (secondary N) is 1. The highest BCUT2D eigenvalue weighted by Gasteiger charge is 2.22. The van der Waals surface area contributed by atoms with Crippen LogP contribution in [0.1, 0.15) is 19.3 Å². The Morgan fingerprint density at radius 2 is 2.38 bits per heavy atom. The fourth-order valence-corrected chi connectivity index (χ4v) is 2.24. The van der Waals surface area contributed by atoms with Crippen LogP contribution in [0.5, 0.6) is 0 Å². The second-order valence-electron chi connectivity index (χ2n) is 4.25. The highest BCUT2D eigenvalue weighted by Crippen LogP contribution is 2.14. The molecule has 3 heteroatoms. The normalized spacial score (nSPS) is 35.8. The van der Waals surface area contributed by atoms with E-state index in [4.69, 9.17) is 4.74 Å². The minimum Gasteiger partial charge on any atom is -0.380 e. The largest absolute Gasteiger partial charge is 0.380 e. The molecule has 0 bridgehead atoms. The molecule has 2 rings (SSSR count). The van der Waals surface area contributed by atoms with Crippen LogP contribution in [-0.2, 0) is 4.74 Å². The van der Waals surface area contributed by atoms with Gasteiger partial charge in [-0.15, -0.1) is 0 Å². The molecule has 2 aliphatic rings. The summed E-state index contributed by atoms with van der Waals surface area (Å²) in [4.78, 5) is 2.46. The van der Waals surface area contributed by atoms with E-state index in [9.17, 15) is 0 Å². The van der Waals surface area contributed by atoms with E-state index in [1.807, 2.05) is 0 Å². The summed E-state index contributed by atoms with van der Waals surface area (Å²) < 4.78 is 5.32. The lowest BCUT2D eigenvalue weighted by Gasteiger charge is -2.21. The number of ether oxygens (including phenoxy) is 1. The van der Waals surface area contributed by atoms with Crippen molar-refractivity contribution in [3.05, 3.63) is 0 Å². The predicted molar refractivity (Wildman–Crippen MR) is 52.9 cm³/mol. The maximum atomic E-state index is 5.32. The Balaban J connectivity index is 1.66. The zero-order chi connectivity index (χ0) is 9.10. The Hall–Kier alpha value is -0.120. The van der Waals surface area contributed by atoms with Crippen LogP contribution in [0.2, 0.25) is 0 Å². The maximum absolute atomic E-state index is 5.32. The van der Waals surface area contributed by atoms with Crippen LogP contribution in [-0.4, -0.2) is 50.3 Å². The summed E-state index contributed by atoms with van der Waals surface area (Å²) >= 11 is 0. The summed E-state index contributed by atoms with van der Waals surface area (Å²) in [5, 5.41) is 3.59. The van der Waals surface area contributed by atoms with Gasteiger partial charge in [0.1, 0.15) is 0 Å². The third-order valence-electron chi connectivity index (χ3n) is 3.24. The first-order chi connectivity index (χ1) is 6.36.